The van der Waals surface area contributed by atoms with E-state index in [1.165, 1.54) is 5.56 Å². The molecular formula is C9H10NNaS2. The van der Waals surface area contributed by atoms with Gasteiger partial charge >= 0.3 is 29.6 Å². The average molecular weight is 219 g/mol. The van der Waals surface area contributed by atoms with Crippen LogP contribution >= 0.6 is 12.2 Å². The van der Waals surface area contributed by atoms with Gasteiger partial charge in [0.15, 0.2) is 0 Å². The van der Waals surface area contributed by atoms with Gasteiger partial charge in [-0.15, -0.1) is 0 Å². The Hall–Kier alpha value is 0.330. The molecule has 0 unspecified atom stereocenters. The van der Waals surface area contributed by atoms with Crippen LogP contribution in [0.3, 0.4) is 0 Å². The number of rotatable bonds is 1. The number of nitrogens with zero attached hydrogens (tertiary/aromatic N) is 1. The van der Waals surface area contributed by atoms with Gasteiger partial charge in [-0.3, -0.25) is 0 Å². The molecule has 0 amide bonds. The summed E-state index contributed by atoms with van der Waals surface area (Å²) in [7, 11) is 1.88. The number of hydrogen-bond donors (Lipinski definition) is 0. The Kier molecular flexibility index (Phi) is 6.09. The maximum Gasteiger partial charge on any atom is 1.00 e. The predicted octanol–water partition coefficient (Wildman–Crippen LogP) is -0.733. The SMILES string of the molecule is Cc1cccc(N(C)C(=S)[S-])c1.[Na+]. The molecule has 0 aliphatic heterocycles. The zero-order valence-corrected chi connectivity index (χ0v) is 11.7. The molecule has 0 aliphatic rings. The topological polar surface area (TPSA) is 3.24 Å². The molecule has 0 bridgehead atoms. The summed E-state index contributed by atoms with van der Waals surface area (Å²) in [6.45, 7) is 2.05. The van der Waals surface area contributed by atoms with Crippen LogP contribution in [0.4, 0.5) is 5.69 Å². The van der Waals surface area contributed by atoms with Crippen LogP contribution in [0.2, 0.25) is 0 Å². The zero-order valence-electron chi connectivity index (χ0n) is 8.07. The van der Waals surface area contributed by atoms with Gasteiger partial charge in [-0.05, 0) is 24.6 Å². The molecule has 0 spiro atoms. The summed E-state index contributed by atoms with van der Waals surface area (Å²) in [4.78, 5) is 1.82. The molecule has 1 nitrogen and oxygen atoms in total. The van der Waals surface area contributed by atoms with Gasteiger partial charge in [0, 0.05) is 12.7 Å². The van der Waals surface area contributed by atoms with Crippen molar-refractivity contribution in [3.05, 3.63) is 29.8 Å². The van der Waals surface area contributed by atoms with Crippen molar-refractivity contribution in [2.45, 2.75) is 6.92 Å². The van der Waals surface area contributed by atoms with E-state index >= 15 is 0 Å². The van der Waals surface area contributed by atoms with Crippen LogP contribution in [-0.4, -0.2) is 11.4 Å². The summed E-state index contributed by atoms with van der Waals surface area (Å²) in [5.74, 6) is 0. The van der Waals surface area contributed by atoms with Crippen LogP contribution in [0.1, 0.15) is 5.56 Å². The van der Waals surface area contributed by atoms with Crippen molar-refractivity contribution in [3.8, 4) is 0 Å². The Morgan fingerprint density at radius 2 is 2.08 bits per heavy atom. The Morgan fingerprint density at radius 3 is 2.54 bits per heavy atom. The van der Waals surface area contributed by atoms with Crippen molar-refractivity contribution in [2.75, 3.05) is 11.9 Å². The molecule has 0 heterocycles. The molecule has 1 aromatic rings. The zero-order chi connectivity index (χ0) is 9.14. The molecule has 0 atom stereocenters. The molecule has 0 N–H and O–H groups in total. The van der Waals surface area contributed by atoms with E-state index in [1.54, 1.807) is 0 Å². The molecule has 64 valence electrons. The van der Waals surface area contributed by atoms with Gasteiger partial charge in [0.25, 0.3) is 0 Å². The van der Waals surface area contributed by atoms with Gasteiger partial charge < -0.3 is 29.7 Å². The minimum absolute atomic E-state index is 0. The van der Waals surface area contributed by atoms with Crippen LogP contribution in [-0.2, 0) is 12.6 Å². The molecule has 4 heteroatoms. The first-order valence-corrected chi connectivity index (χ1v) is 4.44. The van der Waals surface area contributed by atoms with Crippen LogP contribution in [0.15, 0.2) is 24.3 Å². The minimum atomic E-state index is 0. The van der Waals surface area contributed by atoms with Crippen molar-refractivity contribution in [1.29, 1.82) is 0 Å². The summed E-state index contributed by atoms with van der Waals surface area (Å²) in [5, 5.41) is 0. The maximum atomic E-state index is 4.88. The van der Waals surface area contributed by atoms with Crippen LogP contribution in [0.5, 0.6) is 0 Å². The van der Waals surface area contributed by atoms with Gasteiger partial charge in [0.1, 0.15) is 0 Å². The first-order valence-electron chi connectivity index (χ1n) is 3.62. The number of anilines is 1. The summed E-state index contributed by atoms with van der Waals surface area (Å²) >= 11 is 9.77. The van der Waals surface area contributed by atoms with E-state index < -0.39 is 0 Å². The van der Waals surface area contributed by atoms with Crippen LogP contribution < -0.4 is 34.5 Å². The first-order chi connectivity index (χ1) is 5.61. The van der Waals surface area contributed by atoms with E-state index in [9.17, 15) is 0 Å². The number of aryl methyl sites for hydroxylation is 1. The summed E-state index contributed by atoms with van der Waals surface area (Å²) in [6.07, 6.45) is 0. The smallest absolute Gasteiger partial charge is 0.411 e. The third kappa shape index (κ3) is 3.92. The van der Waals surface area contributed by atoms with E-state index in [2.05, 4.69) is 6.07 Å². The van der Waals surface area contributed by atoms with Crippen LogP contribution in [0.25, 0.3) is 0 Å². The number of benzene rings is 1. The van der Waals surface area contributed by atoms with E-state index in [0.29, 0.717) is 4.32 Å². The Morgan fingerprint density at radius 1 is 1.46 bits per heavy atom. The molecule has 0 saturated heterocycles. The maximum absolute atomic E-state index is 4.88. The van der Waals surface area contributed by atoms with Gasteiger partial charge in [-0.1, -0.05) is 16.5 Å². The van der Waals surface area contributed by atoms with Gasteiger partial charge in [0.2, 0.25) is 0 Å². The van der Waals surface area contributed by atoms with Crippen molar-refractivity contribution in [1.82, 2.24) is 0 Å². The second kappa shape index (κ2) is 5.94. The van der Waals surface area contributed by atoms with Crippen molar-refractivity contribution in [3.63, 3.8) is 0 Å². The largest absolute Gasteiger partial charge is 1.00 e. The Balaban J connectivity index is 0.00000144. The first kappa shape index (κ1) is 13.3. The van der Waals surface area contributed by atoms with E-state index in [4.69, 9.17) is 24.8 Å². The fourth-order valence-corrected chi connectivity index (χ4v) is 1.15. The quantitative estimate of drug-likeness (QED) is 0.348. The van der Waals surface area contributed by atoms with Crippen LogP contribution in [0, 0.1) is 6.92 Å². The fourth-order valence-electron chi connectivity index (χ4n) is 0.942. The summed E-state index contributed by atoms with van der Waals surface area (Å²) in [5.41, 5.74) is 2.26. The molecule has 0 fully saturated rings. The Bertz CT molecular complexity index is 301. The third-order valence-electron chi connectivity index (χ3n) is 1.66. The van der Waals surface area contributed by atoms with E-state index in [0.717, 1.165) is 5.69 Å². The van der Waals surface area contributed by atoms with Crippen molar-refractivity contribution in [2.24, 2.45) is 0 Å². The normalized spacial score (nSPS) is 8.77. The predicted molar refractivity (Wildman–Crippen MR) is 59.5 cm³/mol. The minimum Gasteiger partial charge on any atom is -0.411 e. The monoisotopic (exact) mass is 219 g/mol. The van der Waals surface area contributed by atoms with Gasteiger partial charge in [-0.25, -0.2) is 0 Å². The van der Waals surface area contributed by atoms with E-state index in [-0.39, 0.29) is 29.6 Å². The molecule has 0 radical (unpaired) electrons. The fraction of sp³-hybridized carbons (Fsp3) is 0.222. The standard InChI is InChI=1S/C9H11NS2.Na/c1-7-4-3-5-8(6-7)10(2)9(11)12;/h3-6H,1-2H3,(H,11,12);/q;+1/p-1. The number of thiocarbonyl (C=S) groups is 1. The van der Waals surface area contributed by atoms with Crippen molar-refractivity contribution >= 4 is 34.9 Å². The summed E-state index contributed by atoms with van der Waals surface area (Å²) < 4.78 is 0.473. The second-order valence-corrected chi connectivity index (χ2v) is 3.70. The average Bonchev–Trinajstić information content (AvgIpc) is 2.03. The summed E-state index contributed by atoms with van der Waals surface area (Å²) in [6, 6.07) is 8.09. The Labute approximate surface area is 112 Å². The van der Waals surface area contributed by atoms with E-state index in [1.807, 2.05) is 37.1 Å². The molecule has 0 aliphatic carbocycles. The molecule has 1 aromatic carbocycles. The number of hydrogen-bond acceptors (Lipinski definition) is 2. The molecule has 13 heavy (non-hydrogen) atoms. The second-order valence-electron chi connectivity index (χ2n) is 2.66. The molecule has 0 saturated carbocycles. The molecule has 1 rings (SSSR count). The van der Waals surface area contributed by atoms with Gasteiger partial charge in [-0.2, -0.15) is 0 Å². The third-order valence-corrected chi connectivity index (χ3v) is 2.21. The van der Waals surface area contributed by atoms with Gasteiger partial charge in [0.05, 0.1) is 0 Å². The molecule has 0 aromatic heterocycles. The van der Waals surface area contributed by atoms with Crippen molar-refractivity contribution < 1.29 is 29.6 Å². The molecular weight excluding hydrogens is 209 g/mol.